The number of hydrogen-bond acceptors (Lipinski definition) is 6. The summed E-state index contributed by atoms with van der Waals surface area (Å²) < 4.78 is 4.70. The first-order valence-corrected chi connectivity index (χ1v) is 6.38. The fourth-order valence-corrected chi connectivity index (χ4v) is 1.89. The molecule has 0 spiro atoms. The van der Waals surface area contributed by atoms with Crippen LogP contribution in [-0.2, 0) is 16.1 Å². The van der Waals surface area contributed by atoms with Gasteiger partial charge in [-0.2, -0.15) is 9.90 Å². The number of amides is 2. The summed E-state index contributed by atoms with van der Waals surface area (Å²) in [5.41, 5.74) is 0. The average Bonchev–Trinajstić information content (AvgIpc) is 2.99. The van der Waals surface area contributed by atoms with E-state index in [0.29, 0.717) is 19.5 Å². The summed E-state index contributed by atoms with van der Waals surface area (Å²) in [6, 6.07) is 0. The highest BCUT2D eigenvalue weighted by Crippen LogP contribution is 2.09. The van der Waals surface area contributed by atoms with Crippen molar-refractivity contribution in [3.05, 3.63) is 6.20 Å². The van der Waals surface area contributed by atoms with Gasteiger partial charge in [-0.1, -0.05) is 0 Å². The number of aliphatic hydroxyl groups excluding tert-OH is 1. The van der Waals surface area contributed by atoms with Gasteiger partial charge in [0.15, 0.2) is 5.82 Å². The molecule has 0 radical (unpaired) electrons. The second-order valence-corrected chi connectivity index (χ2v) is 4.39. The van der Waals surface area contributed by atoms with E-state index in [-0.39, 0.29) is 24.9 Å². The smallest absolute Gasteiger partial charge is 0.412 e. The van der Waals surface area contributed by atoms with Gasteiger partial charge in [0, 0.05) is 13.1 Å². The van der Waals surface area contributed by atoms with Crippen LogP contribution >= 0.6 is 0 Å². The quantitative estimate of drug-likeness (QED) is 0.766. The molecule has 110 valence electrons. The number of carbonyl (C=O) groups excluding carboxylic acids is 2. The Morgan fingerprint density at radius 2 is 2.40 bits per heavy atom. The number of aliphatic hydroxyl groups is 1. The summed E-state index contributed by atoms with van der Waals surface area (Å²) in [7, 11) is 0. The molecule has 20 heavy (non-hydrogen) atoms. The lowest BCUT2D eigenvalue weighted by molar-refractivity contribution is -0.131. The van der Waals surface area contributed by atoms with Gasteiger partial charge in [-0.25, -0.2) is 4.79 Å². The highest BCUT2D eigenvalue weighted by Gasteiger charge is 2.24. The first-order chi connectivity index (χ1) is 9.58. The van der Waals surface area contributed by atoms with Crippen molar-refractivity contribution in [1.82, 2.24) is 19.9 Å². The SMILES string of the molecule is CCOC(=O)Nc1cnn(CC(=O)N2CCC(O)C2)n1. The third kappa shape index (κ3) is 3.67. The summed E-state index contributed by atoms with van der Waals surface area (Å²) in [5.74, 6) is 0.0533. The minimum atomic E-state index is -0.617. The second-order valence-electron chi connectivity index (χ2n) is 4.39. The fraction of sp³-hybridized carbons (Fsp3) is 0.636. The summed E-state index contributed by atoms with van der Waals surface area (Å²) in [4.78, 5) is 25.8. The molecule has 0 aromatic carbocycles. The van der Waals surface area contributed by atoms with Crippen molar-refractivity contribution in [2.45, 2.75) is 26.0 Å². The van der Waals surface area contributed by atoms with E-state index in [0.717, 1.165) is 0 Å². The zero-order valence-corrected chi connectivity index (χ0v) is 11.2. The number of rotatable bonds is 4. The Labute approximate surface area is 115 Å². The molecule has 0 bridgehead atoms. The number of β-amino-alcohol motifs (C(OH)–C–C–N with tert-alkyl or cyclic N) is 1. The van der Waals surface area contributed by atoms with Crippen molar-refractivity contribution in [3.63, 3.8) is 0 Å². The molecular weight excluding hydrogens is 266 g/mol. The maximum absolute atomic E-state index is 11.9. The standard InChI is InChI=1S/C11H17N5O4/c1-2-20-11(19)13-9-5-12-16(14-9)7-10(18)15-4-3-8(17)6-15/h5,8,17H,2-4,6-7H2,1H3,(H,13,14,19). The lowest BCUT2D eigenvalue weighted by Gasteiger charge is -2.14. The molecule has 9 heteroatoms. The van der Waals surface area contributed by atoms with Gasteiger partial charge in [0.05, 0.1) is 18.9 Å². The average molecular weight is 283 g/mol. The number of ether oxygens (including phenoxy) is 1. The molecule has 1 unspecified atom stereocenters. The van der Waals surface area contributed by atoms with Gasteiger partial charge in [0.1, 0.15) is 6.54 Å². The Bertz CT molecular complexity index is 489. The molecule has 1 aromatic heterocycles. The Balaban J connectivity index is 1.86. The van der Waals surface area contributed by atoms with Crippen LogP contribution in [0.2, 0.25) is 0 Å². The molecular formula is C11H17N5O4. The first kappa shape index (κ1) is 14.3. The van der Waals surface area contributed by atoms with Crippen molar-refractivity contribution in [2.24, 2.45) is 0 Å². The van der Waals surface area contributed by atoms with Crippen LogP contribution in [-0.4, -0.2) is 62.8 Å². The van der Waals surface area contributed by atoms with Crippen molar-refractivity contribution in [1.29, 1.82) is 0 Å². The van der Waals surface area contributed by atoms with Gasteiger partial charge in [-0.15, -0.1) is 5.10 Å². The second kappa shape index (κ2) is 6.33. The topological polar surface area (TPSA) is 110 Å². The molecule has 1 aliphatic heterocycles. The van der Waals surface area contributed by atoms with Gasteiger partial charge in [0.2, 0.25) is 5.91 Å². The van der Waals surface area contributed by atoms with E-state index in [9.17, 15) is 14.7 Å². The normalized spacial score (nSPS) is 18.1. The molecule has 1 aliphatic rings. The van der Waals surface area contributed by atoms with Gasteiger partial charge >= 0.3 is 6.09 Å². The molecule has 9 nitrogen and oxygen atoms in total. The van der Waals surface area contributed by atoms with E-state index < -0.39 is 12.2 Å². The van der Waals surface area contributed by atoms with Crippen LogP contribution in [0, 0.1) is 0 Å². The number of nitrogens with one attached hydrogen (secondary N) is 1. The van der Waals surface area contributed by atoms with Gasteiger partial charge in [-0.05, 0) is 13.3 Å². The third-order valence-electron chi connectivity index (χ3n) is 2.83. The van der Waals surface area contributed by atoms with Crippen LogP contribution < -0.4 is 5.32 Å². The highest BCUT2D eigenvalue weighted by atomic mass is 16.5. The molecule has 0 aliphatic carbocycles. The van der Waals surface area contributed by atoms with Crippen LogP contribution in [0.5, 0.6) is 0 Å². The maximum atomic E-state index is 11.9. The van der Waals surface area contributed by atoms with Crippen LogP contribution in [0.4, 0.5) is 10.6 Å². The minimum Gasteiger partial charge on any atom is -0.450 e. The van der Waals surface area contributed by atoms with Crippen molar-refractivity contribution < 1.29 is 19.4 Å². The summed E-state index contributed by atoms with van der Waals surface area (Å²) in [6.07, 6.45) is 0.857. The van der Waals surface area contributed by atoms with Crippen molar-refractivity contribution in [3.8, 4) is 0 Å². The van der Waals surface area contributed by atoms with Gasteiger partial charge < -0.3 is 14.7 Å². The molecule has 1 fully saturated rings. The summed E-state index contributed by atoms with van der Waals surface area (Å²) >= 11 is 0. The van der Waals surface area contributed by atoms with Crippen LogP contribution in [0.1, 0.15) is 13.3 Å². The molecule has 2 heterocycles. The maximum Gasteiger partial charge on any atom is 0.412 e. The number of anilines is 1. The number of carbonyl (C=O) groups is 2. The fourth-order valence-electron chi connectivity index (χ4n) is 1.89. The first-order valence-electron chi connectivity index (χ1n) is 6.38. The molecule has 1 atom stereocenters. The van der Waals surface area contributed by atoms with Crippen molar-refractivity contribution >= 4 is 17.8 Å². The van der Waals surface area contributed by atoms with Crippen LogP contribution in [0.3, 0.4) is 0 Å². The van der Waals surface area contributed by atoms with E-state index in [1.807, 2.05) is 0 Å². The molecule has 1 aromatic rings. The lowest BCUT2D eigenvalue weighted by atomic mass is 10.3. The Kier molecular flexibility index (Phi) is 4.51. The lowest BCUT2D eigenvalue weighted by Crippen LogP contribution is -2.33. The van der Waals surface area contributed by atoms with E-state index >= 15 is 0 Å². The van der Waals surface area contributed by atoms with E-state index in [2.05, 4.69) is 15.5 Å². The molecule has 2 rings (SSSR count). The van der Waals surface area contributed by atoms with Crippen LogP contribution in [0.15, 0.2) is 6.20 Å². The van der Waals surface area contributed by atoms with Gasteiger partial charge in [-0.3, -0.25) is 10.1 Å². The Morgan fingerprint density at radius 1 is 1.60 bits per heavy atom. The Hall–Kier alpha value is -2.16. The number of hydrogen-bond donors (Lipinski definition) is 2. The highest BCUT2D eigenvalue weighted by molar-refractivity contribution is 5.83. The van der Waals surface area contributed by atoms with E-state index in [1.54, 1.807) is 11.8 Å². The molecule has 1 saturated heterocycles. The predicted molar refractivity (Wildman–Crippen MR) is 67.9 cm³/mol. The molecule has 0 saturated carbocycles. The third-order valence-corrected chi connectivity index (χ3v) is 2.83. The van der Waals surface area contributed by atoms with E-state index in [4.69, 9.17) is 4.74 Å². The molecule has 2 N–H and O–H groups in total. The summed E-state index contributed by atoms with van der Waals surface area (Å²) in [6.45, 7) is 2.80. The van der Waals surface area contributed by atoms with Crippen LogP contribution in [0.25, 0.3) is 0 Å². The number of likely N-dealkylation sites (tertiary alicyclic amines) is 1. The zero-order valence-electron chi connectivity index (χ0n) is 11.2. The monoisotopic (exact) mass is 283 g/mol. The van der Waals surface area contributed by atoms with E-state index in [1.165, 1.54) is 11.0 Å². The largest absolute Gasteiger partial charge is 0.450 e. The number of nitrogens with zero attached hydrogens (tertiary/aromatic N) is 4. The molecule has 2 amide bonds. The van der Waals surface area contributed by atoms with Gasteiger partial charge in [0.25, 0.3) is 0 Å². The number of aromatic nitrogens is 3. The minimum absolute atomic E-state index is 0.0305. The Morgan fingerprint density at radius 3 is 3.05 bits per heavy atom. The van der Waals surface area contributed by atoms with Crippen molar-refractivity contribution in [2.75, 3.05) is 25.0 Å². The summed E-state index contributed by atoms with van der Waals surface area (Å²) in [5, 5.41) is 19.6. The zero-order chi connectivity index (χ0) is 14.5. The predicted octanol–water partition coefficient (Wildman–Crippen LogP) is -0.560.